The first kappa shape index (κ1) is 20.0. The first-order chi connectivity index (χ1) is 13.2. The lowest BCUT2D eigenvalue weighted by Gasteiger charge is -2.22. The molecule has 28 heavy (non-hydrogen) atoms. The highest BCUT2D eigenvalue weighted by Gasteiger charge is 2.17. The standard InChI is InChI=1S/C24H28O4/c1-15-9-18(24(3,4)5)10-16(2)21(15)14-28-23(25)11-17-13-27-22-12-19(26-6)7-8-20(17)22/h7-10,12-13H,11,14H2,1-6H3. The molecule has 0 spiro atoms. The van der Waals surface area contributed by atoms with Gasteiger partial charge >= 0.3 is 5.97 Å². The number of esters is 1. The van der Waals surface area contributed by atoms with Crippen LogP contribution >= 0.6 is 0 Å². The Morgan fingerprint density at radius 2 is 1.75 bits per heavy atom. The van der Waals surface area contributed by atoms with Crippen molar-refractivity contribution in [1.29, 1.82) is 0 Å². The molecule has 1 aromatic heterocycles. The van der Waals surface area contributed by atoms with Crippen molar-refractivity contribution >= 4 is 16.9 Å². The summed E-state index contributed by atoms with van der Waals surface area (Å²) < 4.78 is 16.3. The lowest BCUT2D eigenvalue weighted by molar-refractivity contribution is -0.144. The molecule has 0 saturated heterocycles. The van der Waals surface area contributed by atoms with Crippen LogP contribution in [0.15, 0.2) is 41.0 Å². The number of carbonyl (C=O) groups excluding carboxylic acids is 1. The number of fused-ring (bicyclic) bond motifs is 1. The van der Waals surface area contributed by atoms with Crippen LogP contribution in [0.5, 0.6) is 5.75 Å². The summed E-state index contributed by atoms with van der Waals surface area (Å²) in [6, 6.07) is 9.95. The largest absolute Gasteiger partial charge is 0.497 e. The summed E-state index contributed by atoms with van der Waals surface area (Å²) in [6.45, 7) is 11.0. The molecule has 1 heterocycles. The van der Waals surface area contributed by atoms with Gasteiger partial charge < -0.3 is 13.9 Å². The maximum atomic E-state index is 12.4. The van der Waals surface area contributed by atoms with E-state index in [1.807, 2.05) is 18.2 Å². The summed E-state index contributed by atoms with van der Waals surface area (Å²) in [6.07, 6.45) is 1.79. The van der Waals surface area contributed by atoms with Crippen LogP contribution in [0.1, 0.15) is 48.6 Å². The molecule has 0 aliphatic heterocycles. The van der Waals surface area contributed by atoms with Crippen molar-refractivity contribution in [2.45, 2.75) is 53.1 Å². The van der Waals surface area contributed by atoms with Crippen molar-refractivity contribution < 1.29 is 18.7 Å². The van der Waals surface area contributed by atoms with E-state index < -0.39 is 0 Å². The Kier molecular flexibility index (Phi) is 5.50. The summed E-state index contributed by atoms with van der Waals surface area (Å²) in [4.78, 5) is 12.4. The van der Waals surface area contributed by atoms with Gasteiger partial charge in [0.05, 0.1) is 19.8 Å². The Morgan fingerprint density at radius 1 is 1.07 bits per heavy atom. The zero-order chi connectivity index (χ0) is 20.5. The van der Waals surface area contributed by atoms with Crippen LogP contribution in [-0.2, 0) is 28.0 Å². The van der Waals surface area contributed by atoms with E-state index in [0.29, 0.717) is 5.58 Å². The smallest absolute Gasteiger partial charge is 0.310 e. The Balaban J connectivity index is 1.70. The predicted octanol–water partition coefficient (Wildman–Crippen LogP) is 5.64. The van der Waals surface area contributed by atoms with E-state index in [1.165, 1.54) is 5.56 Å². The number of aryl methyl sites for hydroxylation is 2. The van der Waals surface area contributed by atoms with Gasteiger partial charge in [0.25, 0.3) is 0 Å². The summed E-state index contributed by atoms with van der Waals surface area (Å²) in [5.41, 5.74) is 6.28. The lowest BCUT2D eigenvalue weighted by Crippen LogP contribution is -2.14. The molecule has 2 aromatic carbocycles. The maximum absolute atomic E-state index is 12.4. The molecular weight excluding hydrogens is 352 g/mol. The van der Waals surface area contributed by atoms with Crippen molar-refractivity contribution in [3.05, 3.63) is 64.4 Å². The maximum Gasteiger partial charge on any atom is 0.310 e. The van der Waals surface area contributed by atoms with E-state index in [-0.39, 0.29) is 24.4 Å². The number of benzene rings is 2. The zero-order valence-corrected chi connectivity index (χ0v) is 17.5. The quantitative estimate of drug-likeness (QED) is 0.537. The molecule has 0 aliphatic rings. The minimum atomic E-state index is -0.266. The van der Waals surface area contributed by atoms with Gasteiger partial charge in [0.1, 0.15) is 17.9 Å². The molecular formula is C24H28O4. The molecule has 0 N–H and O–H groups in total. The summed E-state index contributed by atoms with van der Waals surface area (Å²) >= 11 is 0. The number of furan rings is 1. The second-order valence-electron chi connectivity index (χ2n) is 8.30. The third-order valence-electron chi connectivity index (χ3n) is 5.14. The average Bonchev–Trinajstić information content (AvgIpc) is 3.02. The molecule has 4 heteroatoms. The van der Waals surface area contributed by atoms with Crippen LogP contribution in [0.3, 0.4) is 0 Å². The van der Waals surface area contributed by atoms with Gasteiger partial charge in [-0.2, -0.15) is 0 Å². The van der Waals surface area contributed by atoms with E-state index in [9.17, 15) is 4.79 Å². The molecule has 3 aromatic rings. The van der Waals surface area contributed by atoms with E-state index in [0.717, 1.165) is 33.4 Å². The Morgan fingerprint density at radius 3 is 2.36 bits per heavy atom. The molecule has 0 radical (unpaired) electrons. The van der Waals surface area contributed by atoms with Crippen LogP contribution < -0.4 is 4.74 Å². The molecule has 0 amide bonds. The number of methoxy groups -OCH3 is 1. The molecule has 0 unspecified atom stereocenters. The van der Waals surface area contributed by atoms with Crippen LogP contribution in [-0.4, -0.2) is 13.1 Å². The first-order valence-corrected chi connectivity index (χ1v) is 9.49. The van der Waals surface area contributed by atoms with E-state index in [1.54, 1.807) is 13.4 Å². The van der Waals surface area contributed by atoms with Crippen LogP contribution in [0.4, 0.5) is 0 Å². The third-order valence-corrected chi connectivity index (χ3v) is 5.14. The molecule has 0 aliphatic carbocycles. The molecule has 3 rings (SSSR count). The Bertz CT molecular complexity index is 982. The normalized spacial score (nSPS) is 11.6. The predicted molar refractivity (Wildman–Crippen MR) is 111 cm³/mol. The highest BCUT2D eigenvalue weighted by molar-refractivity contribution is 5.86. The van der Waals surface area contributed by atoms with E-state index in [2.05, 4.69) is 46.8 Å². The van der Waals surface area contributed by atoms with Gasteiger partial charge in [-0.3, -0.25) is 4.79 Å². The summed E-state index contributed by atoms with van der Waals surface area (Å²) in [5, 5.41) is 0.902. The zero-order valence-electron chi connectivity index (χ0n) is 17.5. The van der Waals surface area contributed by atoms with E-state index >= 15 is 0 Å². The molecule has 0 bridgehead atoms. The molecule has 0 fully saturated rings. The fourth-order valence-corrected chi connectivity index (χ4v) is 3.34. The fraction of sp³-hybridized carbons (Fsp3) is 0.375. The number of hydrogen-bond acceptors (Lipinski definition) is 4. The van der Waals surface area contributed by atoms with Gasteiger partial charge in [0.15, 0.2) is 0 Å². The highest BCUT2D eigenvalue weighted by Crippen LogP contribution is 2.28. The van der Waals surface area contributed by atoms with Crippen molar-refractivity contribution in [3.8, 4) is 5.75 Å². The lowest BCUT2D eigenvalue weighted by atomic mass is 9.84. The minimum Gasteiger partial charge on any atom is -0.497 e. The third kappa shape index (κ3) is 4.22. The Labute approximate surface area is 166 Å². The number of carbonyl (C=O) groups is 1. The minimum absolute atomic E-state index is 0.0930. The van der Waals surface area contributed by atoms with E-state index in [4.69, 9.17) is 13.9 Å². The SMILES string of the molecule is COc1ccc2c(CC(=O)OCc3c(C)cc(C(C)(C)C)cc3C)coc2c1. The van der Waals surface area contributed by atoms with Gasteiger partial charge in [0.2, 0.25) is 0 Å². The molecule has 0 atom stereocenters. The Hall–Kier alpha value is -2.75. The summed E-state index contributed by atoms with van der Waals surface area (Å²) in [7, 11) is 1.61. The average molecular weight is 380 g/mol. The van der Waals surface area contributed by atoms with Crippen LogP contribution in [0.25, 0.3) is 11.0 Å². The van der Waals surface area contributed by atoms with Crippen molar-refractivity contribution in [2.24, 2.45) is 0 Å². The topological polar surface area (TPSA) is 48.7 Å². The number of ether oxygens (including phenoxy) is 2. The van der Waals surface area contributed by atoms with Crippen LogP contribution in [0.2, 0.25) is 0 Å². The van der Waals surface area contributed by atoms with Crippen LogP contribution in [0, 0.1) is 13.8 Å². The van der Waals surface area contributed by atoms with Crippen molar-refractivity contribution in [3.63, 3.8) is 0 Å². The monoisotopic (exact) mass is 380 g/mol. The highest BCUT2D eigenvalue weighted by atomic mass is 16.5. The number of rotatable bonds is 5. The van der Waals surface area contributed by atoms with Gasteiger partial charge in [0, 0.05) is 17.0 Å². The molecule has 4 nitrogen and oxygen atoms in total. The second kappa shape index (κ2) is 7.70. The van der Waals surface area contributed by atoms with Gasteiger partial charge in [-0.25, -0.2) is 0 Å². The van der Waals surface area contributed by atoms with Gasteiger partial charge in [-0.15, -0.1) is 0 Å². The molecule has 148 valence electrons. The van der Waals surface area contributed by atoms with Gasteiger partial charge in [-0.1, -0.05) is 32.9 Å². The second-order valence-corrected chi connectivity index (χ2v) is 8.30. The summed E-state index contributed by atoms with van der Waals surface area (Å²) in [5.74, 6) is 0.456. The fourth-order valence-electron chi connectivity index (χ4n) is 3.34. The number of hydrogen-bond donors (Lipinski definition) is 0. The van der Waals surface area contributed by atoms with Crippen molar-refractivity contribution in [1.82, 2.24) is 0 Å². The van der Waals surface area contributed by atoms with Gasteiger partial charge in [-0.05, 0) is 53.6 Å². The first-order valence-electron chi connectivity index (χ1n) is 9.49. The molecule has 0 saturated carbocycles. The van der Waals surface area contributed by atoms with Crippen molar-refractivity contribution in [2.75, 3.05) is 7.11 Å².